The lowest BCUT2D eigenvalue weighted by atomic mass is 10.0. The van der Waals surface area contributed by atoms with Gasteiger partial charge in [0.05, 0.1) is 6.10 Å². The van der Waals surface area contributed by atoms with Crippen LogP contribution in [0.2, 0.25) is 0 Å². The van der Waals surface area contributed by atoms with Crippen LogP contribution < -0.4 is 10.1 Å². The van der Waals surface area contributed by atoms with Gasteiger partial charge in [0, 0.05) is 18.7 Å². The predicted octanol–water partition coefficient (Wildman–Crippen LogP) is 5.12. The Bertz CT molecular complexity index is 872. The highest BCUT2D eigenvalue weighted by Crippen LogP contribution is 2.29. The van der Waals surface area contributed by atoms with Crippen molar-refractivity contribution < 1.29 is 9.47 Å². The first kappa shape index (κ1) is 19.0. The molecule has 3 aromatic rings. The van der Waals surface area contributed by atoms with E-state index < -0.39 is 0 Å². The molecule has 1 heterocycles. The van der Waals surface area contributed by atoms with Crippen LogP contribution in [0.15, 0.2) is 66.7 Å². The smallest absolute Gasteiger partial charge is 0.124 e. The lowest BCUT2D eigenvalue weighted by Crippen LogP contribution is -2.19. The molecule has 28 heavy (non-hydrogen) atoms. The van der Waals surface area contributed by atoms with Gasteiger partial charge in [0.2, 0.25) is 0 Å². The maximum atomic E-state index is 6.19. The van der Waals surface area contributed by atoms with E-state index in [1.807, 2.05) is 0 Å². The summed E-state index contributed by atoms with van der Waals surface area (Å²) >= 11 is 0. The summed E-state index contributed by atoms with van der Waals surface area (Å²) in [6.07, 6.45) is 4.70. The van der Waals surface area contributed by atoms with E-state index in [1.165, 1.54) is 21.9 Å². The van der Waals surface area contributed by atoms with E-state index >= 15 is 0 Å². The zero-order valence-electron chi connectivity index (χ0n) is 16.4. The number of fused-ring (bicyclic) bond motifs is 1. The minimum Gasteiger partial charge on any atom is -0.491 e. The van der Waals surface area contributed by atoms with E-state index in [4.69, 9.17) is 9.47 Å². The summed E-state index contributed by atoms with van der Waals surface area (Å²) < 4.78 is 11.9. The molecular formula is C25H29NO2. The number of hydrogen-bond donors (Lipinski definition) is 1. The summed E-state index contributed by atoms with van der Waals surface area (Å²) in [5.74, 6) is 0.977. The number of hydrogen-bond acceptors (Lipinski definition) is 3. The Kier molecular flexibility index (Phi) is 6.59. The van der Waals surface area contributed by atoms with Crippen LogP contribution in [0, 0.1) is 0 Å². The molecule has 1 saturated heterocycles. The molecule has 0 radical (unpaired) electrons. The maximum Gasteiger partial charge on any atom is 0.124 e. The second kappa shape index (κ2) is 9.72. The zero-order valence-corrected chi connectivity index (χ0v) is 16.4. The molecule has 0 bridgehead atoms. The van der Waals surface area contributed by atoms with Crippen molar-refractivity contribution >= 4 is 10.8 Å². The monoisotopic (exact) mass is 375 g/mol. The SMILES string of the molecule is c1ccc(CCCNCc2c(OCC3CCCO3)ccc3ccccc23)cc1. The van der Waals surface area contributed by atoms with E-state index in [2.05, 4.69) is 72.0 Å². The molecule has 0 amide bonds. The Hall–Kier alpha value is -2.36. The fourth-order valence-corrected chi connectivity index (χ4v) is 3.87. The van der Waals surface area contributed by atoms with Gasteiger partial charge in [-0.2, -0.15) is 0 Å². The van der Waals surface area contributed by atoms with Gasteiger partial charge in [-0.1, -0.05) is 60.7 Å². The fourth-order valence-electron chi connectivity index (χ4n) is 3.87. The minimum atomic E-state index is 0.234. The maximum absolute atomic E-state index is 6.19. The van der Waals surface area contributed by atoms with Crippen molar-refractivity contribution in [2.75, 3.05) is 19.8 Å². The Balaban J connectivity index is 1.39. The highest BCUT2D eigenvalue weighted by molar-refractivity contribution is 5.87. The van der Waals surface area contributed by atoms with Crippen LogP contribution in [-0.2, 0) is 17.7 Å². The summed E-state index contributed by atoms with van der Waals surface area (Å²) in [7, 11) is 0. The highest BCUT2D eigenvalue weighted by Gasteiger charge is 2.17. The molecule has 4 rings (SSSR count). The molecule has 1 fully saturated rings. The fraction of sp³-hybridized carbons (Fsp3) is 0.360. The highest BCUT2D eigenvalue weighted by atomic mass is 16.5. The first-order chi connectivity index (χ1) is 13.9. The summed E-state index contributed by atoms with van der Waals surface area (Å²) in [6.45, 7) is 3.31. The number of rotatable bonds is 9. The second-order valence-corrected chi connectivity index (χ2v) is 7.48. The third-order valence-electron chi connectivity index (χ3n) is 5.41. The Morgan fingerprint density at radius 3 is 2.68 bits per heavy atom. The van der Waals surface area contributed by atoms with Crippen molar-refractivity contribution in [3.63, 3.8) is 0 Å². The number of benzene rings is 3. The average molecular weight is 376 g/mol. The molecular weight excluding hydrogens is 346 g/mol. The van der Waals surface area contributed by atoms with Crippen molar-refractivity contribution in [1.29, 1.82) is 0 Å². The topological polar surface area (TPSA) is 30.5 Å². The summed E-state index contributed by atoms with van der Waals surface area (Å²) in [6, 6.07) is 23.5. The molecule has 1 atom stereocenters. The molecule has 1 aliphatic heterocycles. The molecule has 0 aromatic heterocycles. The first-order valence-corrected chi connectivity index (χ1v) is 10.4. The molecule has 146 valence electrons. The van der Waals surface area contributed by atoms with Gasteiger partial charge in [-0.25, -0.2) is 0 Å². The van der Waals surface area contributed by atoms with Crippen LogP contribution in [0.25, 0.3) is 10.8 Å². The van der Waals surface area contributed by atoms with E-state index in [0.717, 1.165) is 51.1 Å². The minimum absolute atomic E-state index is 0.234. The Morgan fingerprint density at radius 2 is 1.82 bits per heavy atom. The van der Waals surface area contributed by atoms with E-state index in [9.17, 15) is 0 Å². The van der Waals surface area contributed by atoms with Crippen molar-refractivity contribution in [2.45, 2.75) is 38.3 Å². The lowest BCUT2D eigenvalue weighted by Gasteiger charge is -2.17. The van der Waals surface area contributed by atoms with Crippen LogP contribution in [0.3, 0.4) is 0 Å². The van der Waals surface area contributed by atoms with Crippen LogP contribution in [0.1, 0.15) is 30.4 Å². The van der Waals surface area contributed by atoms with Crippen LogP contribution >= 0.6 is 0 Å². The molecule has 3 nitrogen and oxygen atoms in total. The van der Waals surface area contributed by atoms with Crippen LogP contribution in [0.5, 0.6) is 5.75 Å². The standard InChI is InChI=1S/C25H29NO2/c1-2-8-20(9-3-1)10-6-16-26-18-24-23-13-5-4-11-21(23)14-15-25(24)28-19-22-12-7-17-27-22/h1-5,8-9,11,13-15,22,26H,6-7,10,12,16-19H2. The van der Waals surface area contributed by atoms with Crippen molar-refractivity contribution in [2.24, 2.45) is 0 Å². The zero-order chi connectivity index (χ0) is 19.0. The molecule has 1 unspecified atom stereocenters. The van der Waals surface area contributed by atoms with Crippen molar-refractivity contribution in [1.82, 2.24) is 5.32 Å². The van der Waals surface area contributed by atoms with Gasteiger partial charge in [-0.15, -0.1) is 0 Å². The molecule has 1 aliphatic rings. The van der Waals surface area contributed by atoms with Crippen LogP contribution in [0.4, 0.5) is 0 Å². The summed E-state index contributed by atoms with van der Waals surface area (Å²) in [4.78, 5) is 0. The lowest BCUT2D eigenvalue weighted by molar-refractivity contribution is 0.0676. The quantitative estimate of drug-likeness (QED) is 0.527. The van der Waals surface area contributed by atoms with Gasteiger partial charge in [-0.3, -0.25) is 0 Å². The first-order valence-electron chi connectivity index (χ1n) is 10.4. The van der Waals surface area contributed by atoms with Crippen molar-refractivity contribution in [3.8, 4) is 5.75 Å². The molecule has 0 spiro atoms. The third-order valence-corrected chi connectivity index (χ3v) is 5.41. The summed E-state index contributed by atoms with van der Waals surface area (Å²) in [5.41, 5.74) is 2.64. The van der Waals surface area contributed by atoms with Crippen LogP contribution in [-0.4, -0.2) is 25.9 Å². The summed E-state index contributed by atoms with van der Waals surface area (Å²) in [5, 5.41) is 6.15. The van der Waals surface area contributed by atoms with Gasteiger partial charge >= 0.3 is 0 Å². The van der Waals surface area contributed by atoms with Gasteiger partial charge in [-0.05, 0) is 54.6 Å². The Morgan fingerprint density at radius 1 is 0.964 bits per heavy atom. The van der Waals surface area contributed by atoms with Gasteiger partial charge < -0.3 is 14.8 Å². The van der Waals surface area contributed by atoms with E-state index in [-0.39, 0.29) is 6.10 Å². The van der Waals surface area contributed by atoms with Gasteiger partial charge in [0.1, 0.15) is 12.4 Å². The van der Waals surface area contributed by atoms with Gasteiger partial charge in [0.25, 0.3) is 0 Å². The van der Waals surface area contributed by atoms with E-state index in [0.29, 0.717) is 6.61 Å². The Labute approximate surface area is 167 Å². The van der Waals surface area contributed by atoms with E-state index in [1.54, 1.807) is 0 Å². The number of aryl methyl sites for hydroxylation is 1. The molecule has 0 saturated carbocycles. The normalized spacial score (nSPS) is 16.5. The predicted molar refractivity (Wildman–Crippen MR) is 115 cm³/mol. The largest absolute Gasteiger partial charge is 0.491 e. The van der Waals surface area contributed by atoms with Gasteiger partial charge in [0.15, 0.2) is 0 Å². The molecule has 3 aromatic carbocycles. The molecule has 0 aliphatic carbocycles. The van der Waals surface area contributed by atoms with Crippen molar-refractivity contribution in [3.05, 3.63) is 77.9 Å². The number of nitrogens with one attached hydrogen (secondary N) is 1. The molecule has 3 heteroatoms. The second-order valence-electron chi connectivity index (χ2n) is 7.48. The number of ether oxygens (including phenoxy) is 2. The third kappa shape index (κ3) is 4.92. The average Bonchev–Trinajstić information content (AvgIpc) is 3.27. The molecule has 1 N–H and O–H groups in total.